The molecular formula is C15H18ClNO2. The maximum Gasteiger partial charge on any atom is 0.244 e. The normalized spacial score (nSPS) is 22.8. The van der Waals surface area contributed by atoms with Gasteiger partial charge in [-0.3, -0.25) is 4.79 Å². The fourth-order valence-corrected chi connectivity index (χ4v) is 2.53. The fourth-order valence-electron chi connectivity index (χ4n) is 2.33. The minimum absolute atomic E-state index is 0.140. The Morgan fingerprint density at radius 2 is 2.32 bits per heavy atom. The van der Waals surface area contributed by atoms with Gasteiger partial charge < -0.3 is 10.4 Å². The standard InChI is InChI=1S/C15H18ClNO2/c16-13-5-1-3-11(9-13)7-8-15(19)17-10-12-4-2-6-14(12)18/h1,3,5,7-9,12,14,18H,2,4,6,10H2,(H,17,19). The first-order valence-electron chi connectivity index (χ1n) is 6.54. The zero-order chi connectivity index (χ0) is 13.7. The largest absolute Gasteiger partial charge is 0.393 e. The van der Waals surface area contributed by atoms with E-state index in [-0.39, 0.29) is 17.9 Å². The van der Waals surface area contributed by atoms with Crippen molar-refractivity contribution in [1.29, 1.82) is 0 Å². The van der Waals surface area contributed by atoms with Crippen molar-refractivity contribution in [2.45, 2.75) is 25.4 Å². The molecule has 2 unspecified atom stereocenters. The summed E-state index contributed by atoms with van der Waals surface area (Å²) < 4.78 is 0. The van der Waals surface area contributed by atoms with Crippen LogP contribution in [0.25, 0.3) is 6.08 Å². The summed E-state index contributed by atoms with van der Waals surface area (Å²) in [4.78, 5) is 11.7. The van der Waals surface area contributed by atoms with E-state index >= 15 is 0 Å². The summed E-state index contributed by atoms with van der Waals surface area (Å²) in [5, 5.41) is 13.1. The number of carbonyl (C=O) groups excluding carboxylic acids is 1. The predicted octanol–water partition coefficient (Wildman–Crippen LogP) is 2.63. The van der Waals surface area contributed by atoms with E-state index in [1.807, 2.05) is 12.1 Å². The van der Waals surface area contributed by atoms with Crippen molar-refractivity contribution in [2.75, 3.05) is 6.54 Å². The van der Waals surface area contributed by atoms with E-state index in [0.717, 1.165) is 24.8 Å². The first kappa shape index (κ1) is 14.1. The second-order valence-corrected chi connectivity index (χ2v) is 5.33. The summed E-state index contributed by atoms with van der Waals surface area (Å²) in [5.74, 6) is 0.0580. The molecule has 2 atom stereocenters. The summed E-state index contributed by atoms with van der Waals surface area (Å²) in [6.07, 6.45) is 5.83. The highest BCUT2D eigenvalue weighted by Crippen LogP contribution is 2.24. The van der Waals surface area contributed by atoms with Gasteiger partial charge in [-0.05, 0) is 36.6 Å². The average molecular weight is 280 g/mol. The molecule has 19 heavy (non-hydrogen) atoms. The molecule has 0 aromatic heterocycles. The van der Waals surface area contributed by atoms with Crippen LogP contribution in [0.2, 0.25) is 5.02 Å². The number of amides is 1. The number of hydrogen-bond acceptors (Lipinski definition) is 2. The monoisotopic (exact) mass is 279 g/mol. The summed E-state index contributed by atoms with van der Waals surface area (Å²) >= 11 is 5.86. The van der Waals surface area contributed by atoms with E-state index < -0.39 is 0 Å². The SMILES string of the molecule is O=C(C=Cc1cccc(Cl)c1)NCC1CCCC1O. The third kappa shape index (κ3) is 4.37. The van der Waals surface area contributed by atoms with E-state index in [2.05, 4.69) is 5.32 Å². The van der Waals surface area contributed by atoms with Crippen molar-refractivity contribution in [2.24, 2.45) is 5.92 Å². The minimum Gasteiger partial charge on any atom is -0.393 e. The van der Waals surface area contributed by atoms with Crippen molar-refractivity contribution in [3.63, 3.8) is 0 Å². The Hall–Kier alpha value is -1.32. The van der Waals surface area contributed by atoms with Crippen LogP contribution in [0, 0.1) is 5.92 Å². The van der Waals surface area contributed by atoms with Gasteiger partial charge >= 0.3 is 0 Å². The lowest BCUT2D eigenvalue weighted by Gasteiger charge is -2.13. The van der Waals surface area contributed by atoms with Gasteiger partial charge in [-0.15, -0.1) is 0 Å². The van der Waals surface area contributed by atoms with Gasteiger partial charge in [-0.2, -0.15) is 0 Å². The molecule has 1 aromatic rings. The summed E-state index contributed by atoms with van der Waals surface area (Å²) in [5.41, 5.74) is 0.892. The van der Waals surface area contributed by atoms with Crippen LogP contribution in [0.3, 0.4) is 0 Å². The zero-order valence-electron chi connectivity index (χ0n) is 10.7. The molecule has 1 fully saturated rings. The van der Waals surface area contributed by atoms with E-state index in [4.69, 9.17) is 11.6 Å². The number of aliphatic hydroxyl groups is 1. The van der Waals surface area contributed by atoms with Crippen LogP contribution >= 0.6 is 11.6 Å². The molecule has 0 spiro atoms. The smallest absolute Gasteiger partial charge is 0.244 e. The average Bonchev–Trinajstić information content (AvgIpc) is 2.80. The van der Waals surface area contributed by atoms with Crippen LogP contribution in [0.1, 0.15) is 24.8 Å². The van der Waals surface area contributed by atoms with Gasteiger partial charge in [0.2, 0.25) is 5.91 Å². The van der Waals surface area contributed by atoms with Gasteiger partial charge in [-0.1, -0.05) is 30.2 Å². The number of nitrogens with one attached hydrogen (secondary N) is 1. The Balaban J connectivity index is 1.81. The van der Waals surface area contributed by atoms with Crippen LogP contribution in [0.4, 0.5) is 0 Å². The first-order valence-corrected chi connectivity index (χ1v) is 6.92. The Kier molecular flexibility index (Phi) is 5.00. The van der Waals surface area contributed by atoms with E-state index in [1.165, 1.54) is 6.08 Å². The van der Waals surface area contributed by atoms with Gasteiger partial charge in [0.1, 0.15) is 0 Å². The lowest BCUT2D eigenvalue weighted by atomic mass is 10.1. The molecule has 102 valence electrons. The van der Waals surface area contributed by atoms with Crippen molar-refractivity contribution < 1.29 is 9.90 Å². The molecule has 0 radical (unpaired) electrons. The Morgan fingerprint density at radius 1 is 1.47 bits per heavy atom. The predicted molar refractivity (Wildman–Crippen MR) is 76.8 cm³/mol. The second-order valence-electron chi connectivity index (χ2n) is 4.89. The molecule has 0 heterocycles. The van der Waals surface area contributed by atoms with Gasteiger partial charge in [0.05, 0.1) is 6.10 Å². The summed E-state index contributed by atoms with van der Waals surface area (Å²) in [7, 11) is 0. The second kappa shape index (κ2) is 6.73. The van der Waals surface area contributed by atoms with Crippen molar-refractivity contribution in [1.82, 2.24) is 5.32 Å². The molecule has 0 aliphatic heterocycles. The molecule has 2 N–H and O–H groups in total. The van der Waals surface area contributed by atoms with Crippen LogP contribution in [0.5, 0.6) is 0 Å². The van der Waals surface area contributed by atoms with Gasteiger partial charge in [0.25, 0.3) is 0 Å². The molecule has 3 nitrogen and oxygen atoms in total. The maximum absolute atomic E-state index is 11.7. The summed E-state index contributed by atoms with van der Waals surface area (Å²) in [6.45, 7) is 0.542. The Labute approximate surface area is 118 Å². The lowest BCUT2D eigenvalue weighted by Crippen LogP contribution is -2.31. The molecule has 1 aromatic carbocycles. The molecule has 1 aliphatic rings. The van der Waals surface area contributed by atoms with Crippen molar-refractivity contribution in [3.05, 3.63) is 40.9 Å². The number of carbonyl (C=O) groups is 1. The van der Waals surface area contributed by atoms with E-state index in [9.17, 15) is 9.90 Å². The fraction of sp³-hybridized carbons (Fsp3) is 0.400. The third-order valence-electron chi connectivity index (χ3n) is 3.43. The highest BCUT2D eigenvalue weighted by molar-refractivity contribution is 6.30. The van der Waals surface area contributed by atoms with Crippen LogP contribution < -0.4 is 5.32 Å². The highest BCUT2D eigenvalue weighted by atomic mass is 35.5. The molecule has 0 saturated heterocycles. The highest BCUT2D eigenvalue weighted by Gasteiger charge is 2.24. The molecule has 1 saturated carbocycles. The zero-order valence-corrected chi connectivity index (χ0v) is 11.4. The third-order valence-corrected chi connectivity index (χ3v) is 3.67. The maximum atomic E-state index is 11.7. The first-order chi connectivity index (χ1) is 9.15. The number of rotatable bonds is 4. The number of hydrogen-bond donors (Lipinski definition) is 2. The van der Waals surface area contributed by atoms with Crippen LogP contribution in [0.15, 0.2) is 30.3 Å². The van der Waals surface area contributed by atoms with E-state index in [0.29, 0.717) is 11.6 Å². The van der Waals surface area contributed by atoms with Gasteiger partial charge in [0.15, 0.2) is 0 Å². The van der Waals surface area contributed by atoms with Gasteiger partial charge in [0, 0.05) is 23.6 Å². The number of aliphatic hydroxyl groups excluding tert-OH is 1. The molecule has 1 aliphatic carbocycles. The Bertz CT molecular complexity index is 473. The summed E-state index contributed by atoms with van der Waals surface area (Å²) in [6, 6.07) is 7.32. The van der Waals surface area contributed by atoms with Crippen molar-refractivity contribution >= 4 is 23.6 Å². The topological polar surface area (TPSA) is 49.3 Å². The van der Waals surface area contributed by atoms with E-state index in [1.54, 1.807) is 18.2 Å². The lowest BCUT2D eigenvalue weighted by molar-refractivity contribution is -0.116. The molecule has 4 heteroatoms. The van der Waals surface area contributed by atoms with Crippen LogP contribution in [-0.4, -0.2) is 23.7 Å². The number of benzene rings is 1. The quantitative estimate of drug-likeness (QED) is 0.833. The molecule has 2 rings (SSSR count). The van der Waals surface area contributed by atoms with Gasteiger partial charge in [-0.25, -0.2) is 0 Å². The van der Waals surface area contributed by atoms with Crippen molar-refractivity contribution in [3.8, 4) is 0 Å². The molecular weight excluding hydrogens is 262 g/mol. The van der Waals surface area contributed by atoms with Crippen LogP contribution in [-0.2, 0) is 4.79 Å². The molecule has 1 amide bonds. The number of halogens is 1. The minimum atomic E-state index is -0.266. The Morgan fingerprint density at radius 3 is 3.00 bits per heavy atom. The molecule has 0 bridgehead atoms.